The zero-order valence-corrected chi connectivity index (χ0v) is 11.1. The summed E-state index contributed by atoms with van der Waals surface area (Å²) in [5, 5.41) is 0. The van der Waals surface area contributed by atoms with Crippen LogP contribution >= 0.6 is 12.2 Å². The molecule has 0 aliphatic carbocycles. The molecule has 0 aromatic carbocycles. The zero-order chi connectivity index (χ0) is 13.3. The van der Waals surface area contributed by atoms with E-state index < -0.39 is 11.2 Å². The maximum absolute atomic E-state index is 11.8. The van der Waals surface area contributed by atoms with Gasteiger partial charge in [0.25, 0.3) is 5.56 Å². The summed E-state index contributed by atoms with van der Waals surface area (Å²) in [7, 11) is 1.57. The van der Waals surface area contributed by atoms with Gasteiger partial charge in [0.1, 0.15) is 5.65 Å². The number of aromatic nitrogens is 4. The van der Waals surface area contributed by atoms with Crippen molar-refractivity contribution in [1.82, 2.24) is 19.2 Å². The summed E-state index contributed by atoms with van der Waals surface area (Å²) in [6.07, 6.45) is 2.01. The second-order valence-electron chi connectivity index (χ2n) is 4.04. The number of aromatic amines is 2. The van der Waals surface area contributed by atoms with Gasteiger partial charge in [-0.25, -0.2) is 9.47 Å². The van der Waals surface area contributed by atoms with Crippen molar-refractivity contribution in [3.05, 3.63) is 25.6 Å². The SMILES string of the molecule is CCCCNn1c(=S)[nH]c2c1c(=O)[nH]c(=O)n2C. The van der Waals surface area contributed by atoms with E-state index in [1.165, 1.54) is 9.24 Å². The standard InChI is InChI=1S/C10H15N5O2S/c1-3-4-5-11-15-6-7(12-10(15)18)14(2)9(17)13-8(6)16/h11H,3-5H2,1-2H3,(H,12,18)(H,13,16,17). The van der Waals surface area contributed by atoms with Crippen molar-refractivity contribution >= 4 is 23.4 Å². The molecule has 0 unspecified atom stereocenters. The van der Waals surface area contributed by atoms with Gasteiger partial charge in [-0.3, -0.25) is 14.3 Å². The molecular weight excluding hydrogens is 254 g/mol. The molecule has 3 N–H and O–H groups in total. The van der Waals surface area contributed by atoms with E-state index in [4.69, 9.17) is 12.2 Å². The van der Waals surface area contributed by atoms with Gasteiger partial charge in [0.15, 0.2) is 10.3 Å². The molecule has 2 rings (SSSR count). The van der Waals surface area contributed by atoms with Gasteiger partial charge in [0, 0.05) is 13.6 Å². The van der Waals surface area contributed by atoms with Crippen molar-refractivity contribution in [2.24, 2.45) is 7.05 Å². The van der Waals surface area contributed by atoms with Gasteiger partial charge in [0.2, 0.25) is 0 Å². The third-order valence-electron chi connectivity index (χ3n) is 2.75. The highest BCUT2D eigenvalue weighted by Crippen LogP contribution is 2.04. The lowest BCUT2D eigenvalue weighted by Gasteiger charge is -2.07. The highest BCUT2D eigenvalue weighted by Gasteiger charge is 2.11. The van der Waals surface area contributed by atoms with E-state index >= 15 is 0 Å². The molecule has 8 heteroatoms. The van der Waals surface area contributed by atoms with Gasteiger partial charge >= 0.3 is 5.69 Å². The van der Waals surface area contributed by atoms with Crippen LogP contribution in [-0.2, 0) is 7.05 Å². The molecular formula is C10H15N5O2S. The summed E-state index contributed by atoms with van der Waals surface area (Å²) in [6, 6.07) is 0. The van der Waals surface area contributed by atoms with Crippen molar-refractivity contribution in [1.29, 1.82) is 0 Å². The van der Waals surface area contributed by atoms with Crippen LogP contribution in [0.1, 0.15) is 19.8 Å². The van der Waals surface area contributed by atoms with E-state index in [0.29, 0.717) is 22.5 Å². The zero-order valence-electron chi connectivity index (χ0n) is 10.2. The van der Waals surface area contributed by atoms with Crippen LogP contribution in [0.5, 0.6) is 0 Å². The lowest BCUT2D eigenvalue weighted by Crippen LogP contribution is -2.30. The predicted molar refractivity (Wildman–Crippen MR) is 72.1 cm³/mol. The maximum Gasteiger partial charge on any atom is 0.329 e. The van der Waals surface area contributed by atoms with Crippen molar-refractivity contribution in [2.75, 3.05) is 12.0 Å². The fourth-order valence-electron chi connectivity index (χ4n) is 1.74. The summed E-state index contributed by atoms with van der Waals surface area (Å²) < 4.78 is 3.20. The minimum absolute atomic E-state index is 0.332. The third-order valence-corrected chi connectivity index (χ3v) is 3.04. The highest BCUT2D eigenvalue weighted by atomic mass is 32.1. The van der Waals surface area contributed by atoms with Crippen LogP contribution in [0.4, 0.5) is 0 Å². The molecule has 2 aromatic heterocycles. The molecule has 0 spiro atoms. The van der Waals surface area contributed by atoms with Crippen LogP contribution in [-0.4, -0.2) is 25.8 Å². The number of nitrogens with zero attached hydrogens (tertiary/aromatic N) is 2. The number of H-pyrrole nitrogens is 2. The van der Waals surface area contributed by atoms with Gasteiger partial charge in [-0.2, -0.15) is 0 Å². The number of unbranched alkanes of at least 4 members (excludes halogenated alkanes) is 1. The topological polar surface area (TPSA) is 87.6 Å². The Balaban J connectivity index is 2.64. The van der Waals surface area contributed by atoms with Crippen LogP contribution in [0.2, 0.25) is 0 Å². The van der Waals surface area contributed by atoms with Gasteiger partial charge in [-0.1, -0.05) is 13.3 Å². The molecule has 0 saturated heterocycles. The van der Waals surface area contributed by atoms with E-state index in [0.717, 1.165) is 12.8 Å². The Morgan fingerprint density at radius 1 is 1.33 bits per heavy atom. The molecule has 18 heavy (non-hydrogen) atoms. The first-order valence-electron chi connectivity index (χ1n) is 5.74. The molecule has 0 radical (unpaired) electrons. The molecule has 7 nitrogen and oxygen atoms in total. The number of hydrogen-bond acceptors (Lipinski definition) is 4. The number of aryl methyl sites for hydroxylation is 1. The normalized spacial score (nSPS) is 11.0. The molecule has 0 saturated carbocycles. The summed E-state index contributed by atoms with van der Waals surface area (Å²) in [4.78, 5) is 28.4. The summed E-state index contributed by atoms with van der Waals surface area (Å²) in [6.45, 7) is 2.78. The van der Waals surface area contributed by atoms with E-state index in [-0.39, 0.29) is 0 Å². The van der Waals surface area contributed by atoms with Crippen LogP contribution in [0.3, 0.4) is 0 Å². The number of nitrogens with one attached hydrogen (secondary N) is 3. The van der Waals surface area contributed by atoms with Crippen molar-refractivity contribution in [3.8, 4) is 0 Å². The second kappa shape index (κ2) is 4.81. The number of hydrogen-bond donors (Lipinski definition) is 3. The molecule has 0 fully saturated rings. The van der Waals surface area contributed by atoms with Crippen LogP contribution in [0.15, 0.2) is 9.59 Å². The first-order valence-corrected chi connectivity index (χ1v) is 6.15. The van der Waals surface area contributed by atoms with E-state index in [1.54, 1.807) is 7.05 Å². The van der Waals surface area contributed by atoms with Crippen molar-refractivity contribution in [2.45, 2.75) is 19.8 Å². The molecule has 0 amide bonds. The number of imidazole rings is 1. The van der Waals surface area contributed by atoms with Crippen LogP contribution in [0.25, 0.3) is 11.2 Å². The Kier molecular flexibility index (Phi) is 3.37. The van der Waals surface area contributed by atoms with Crippen LogP contribution < -0.4 is 16.7 Å². The fourth-order valence-corrected chi connectivity index (χ4v) is 1.99. The number of fused-ring (bicyclic) bond motifs is 1. The Hall–Kier alpha value is -1.83. The third kappa shape index (κ3) is 1.99. The Morgan fingerprint density at radius 3 is 2.72 bits per heavy atom. The summed E-state index contributed by atoms with van der Waals surface area (Å²) in [5.74, 6) is 0. The molecule has 0 bridgehead atoms. The molecule has 98 valence electrons. The molecule has 0 aliphatic rings. The maximum atomic E-state index is 11.8. The van der Waals surface area contributed by atoms with E-state index in [9.17, 15) is 9.59 Å². The Morgan fingerprint density at radius 2 is 2.06 bits per heavy atom. The quantitative estimate of drug-likeness (QED) is 0.555. The van der Waals surface area contributed by atoms with E-state index in [1.807, 2.05) is 0 Å². The van der Waals surface area contributed by atoms with Crippen molar-refractivity contribution in [3.63, 3.8) is 0 Å². The molecule has 0 aliphatic heterocycles. The minimum atomic E-state index is -0.468. The predicted octanol–water partition coefficient (Wildman–Crippen LogP) is 0.429. The van der Waals surface area contributed by atoms with E-state index in [2.05, 4.69) is 22.3 Å². The highest BCUT2D eigenvalue weighted by molar-refractivity contribution is 7.71. The Bertz CT molecular complexity index is 735. The van der Waals surface area contributed by atoms with Gasteiger partial charge in [-0.05, 0) is 18.6 Å². The van der Waals surface area contributed by atoms with Gasteiger partial charge < -0.3 is 10.4 Å². The fraction of sp³-hybridized carbons (Fsp3) is 0.500. The molecule has 2 aromatic rings. The monoisotopic (exact) mass is 269 g/mol. The Labute approximate surface area is 107 Å². The average Bonchev–Trinajstić information content (AvgIpc) is 2.65. The lowest BCUT2D eigenvalue weighted by molar-refractivity contribution is 0.754. The minimum Gasteiger partial charge on any atom is -0.323 e. The second-order valence-corrected chi connectivity index (χ2v) is 4.43. The molecule has 0 atom stereocenters. The average molecular weight is 269 g/mol. The van der Waals surface area contributed by atoms with Crippen molar-refractivity contribution < 1.29 is 0 Å². The summed E-state index contributed by atoms with van der Waals surface area (Å²) in [5.41, 5.74) is 2.89. The van der Waals surface area contributed by atoms with Gasteiger partial charge in [-0.15, -0.1) is 0 Å². The molecule has 2 heterocycles. The number of rotatable bonds is 4. The van der Waals surface area contributed by atoms with Gasteiger partial charge in [0.05, 0.1) is 0 Å². The largest absolute Gasteiger partial charge is 0.329 e. The lowest BCUT2D eigenvalue weighted by atomic mass is 10.3. The smallest absolute Gasteiger partial charge is 0.323 e. The first-order chi connectivity index (χ1) is 8.56. The van der Waals surface area contributed by atoms with Crippen LogP contribution in [0, 0.1) is 4.77 Å². The summed E-state index contributed by atoms with van der Waals surface area (Å²) >= 11 is 5.14. The first kappa shape index (κ1) is 12.6.